The molecular formula is C24H42FNO. The molecule has 1 aromatic rings. The summed E-state index contributed by atoms with van der Waals surface area (Å²) in [6.07, 6.45) is 7.51. The average Bonchev–Trinajstić information content (AvgIpc) is 2.73. The number of allylic oxidation sites excluding steroid dienone is 4. The van der Waals surface area contributed by atoms with Crippen LogP contribution in [0.5, 0.6) is 0 Å². The molecular weight excluding hydrogens is 337 g/mol. The van der Waals surface area contributed by atoms with Gasteiger partial charge < -0.3 is 10.5 Å². The minimum absolute atomic E-state index is 0.113. The lowest BCUT2D eigenvalue weighted by atomic mass is 10.2. The molecule has 0 aliphatic rings. The van der Waals surface area contributed by atoms with E-state index in [4.69, 9.17) is 10.5 Å². The van der Waals surface area contributed by atoms with E-state index in [0.717, 1.165) is 29.7 Å². The molecule has 0 aliphatic carbocycles. The Labute approximate surface area is 168 Å². The van der Waals surface area contributed by atoms with Gasteiger partial charge >= 0.3 is 0 Å². The van der Waals surface area contributed by atoms with Crippen molar-refractivity contribution in [3.8, 4) is 0 Å². The summed E-state index contributed by atoms with van der Waals surface area (Å²) in [5, 5.41) is 0. The maximum absolute atomic E-state index is 12.4. The minimum Gasteiger partial charge on any atom is -0.492 e. The Morgan fingerprint density at radius 2 is 1.81 bits per heavy atom. The Morgan fingerprint density at radius 1 is 1.22 bits per heavy atom. The molecule has 3 heteroatoms. The Hall–Kier alpha value is -1.87. The smallest absolute Gasteiger partial charge is 0.123 e. The quantitative estimate of drug-likeness (QED) is 0.401. The largest absolute Gasteiger partial charge is 0.492 e. The second kappa shape index (κ2) is 22.2. The first kappa shape index (κ1) is 29.9. The molecule has 0 spiro atoms. The molecule has 0 bridgehead atoms. The van der Waals surface area contributed by atoms with Crippen molar-refractivity contribution in [3.63, 3.8) is 0 Å². The first-order chi connectivity index (χ1) is 13.0. The molecule has 0 aromatic heterocycles. The highest BCUT2D eigenvalue weighted by atomic mass is 19.1. The van der Waals surface area contributed by atoms with Crippen LogP contribution in [-0.4, -0.2) is 12.6 Å². The molecule has 2 N–H and O–H groups in total. The first-order valence-corrected chi connectivity index (χ1v) is 10.1. The van der Waals surface area contributed by atoms with Crippen molar-refractivity contribution >= 4 is 0 Å². The molecule has 0 saturated carbocycles. The summed E-state index contributed by atoms with van der Waals surface area (Å²) in [5.41, 5.74) is 7.88. The number of ether oxygens (including phenoxy) is 1. The van der Waals surface area contributed by atoms with E-state index < -0.39 is 0 Å². The highest BCUT2D eigenvalue weighted by Gasteiger charge is 2.00. The molecule has 0 saturated heterocycles. The molecule has 1 rings (SSSR count). The van der Waals surface area contributed by atoms with Gasteiger partial charge in [-0.25, -0.2) is 4.39 Å². The van der Waals surface area contributed by atoms with Gasteiger partial charge in [-0.3, -0.25) is 0 Å². The highest BCUT2D eigenvalue weighted by molar-refractivity contribution is 5.23. The van der Waals surface area contributed by atoms with Crippen molar-refractivity contribution in [1.82, 2.24) is 0 Å². The fourth-order valence-electron chi connectivity index (χ4n) is 1.57. The van der Waals surface area contributed by atoms with Crippen LogP contribution in [0.3, 0.4) is 0 Å². The summed E-state index contributed by atoms with van der Waals surface area (Å²) < 4.78 is 17.9. The molecule has 1 aromatic carbocycles. The minimum atomic E-state index is -0.144. The normalized spacial score (nSPS) is 11.5. The first-order valence-electron chi connectivity index (χ1n) is 10.1. The third-order valence-corrected chi connectivity index (χ3v) is 3.26. The molecule has 0 aliphatic heterocycles. The summed E-state index contributed by atoms with van der Waals surface area (Å²) in [4.78, 5) is 0. The van der Waals surface area contributed by atoms with Crippen LogP contribution in [0, 0.1) is 5.82 Å². The lowest BCUT2D eigenvalue weighted by molar-refractivity contribution is 0.202. The highest BCUT2D eigenvalue weighted by Crippen LogP contribution is 2.06. The van der Waals surface area contributed by atoms with Crippen LogP contribution in [0.4, 0.5) is 4.39 Å². The summed E-state index contributed by atoms with van der Waals surface area (Å²) >= 11 is 0. The fraction of sp³-hybridized carbons (Fsp3) is 0.500. The average molecular weight is 380 g/mol. The van der Waals surface area contributed by atoms with E-state index in [-0.39, 0.29) is 11.9 Å². The molecule has 0 fully saturated rings. The lowest BCUT2D eigenvalue weighted by Crippen LogP contribution is -2.24. The second-order valence-electron chi connectivity index (χ2n) is 5.25. The van der Waals surface area contributed by atoms with Gasteiger partial charge in [0.25, 0.3) is 0 Å². The van der Waals surface area contributed by atoms with Crippen LogP contribution < -0.4 is 5.73 Å². The zero-order valence-electron chi connectivity index (χ0n) is 18.8. The number of nitrogens with two attached hydrogens (primary N) is 1. The Morgan fingerprint density at radius 3 is 2.19 bits per heavy atom. The van der Waals surface area contributed by atoms with Crippen LogP contribution in [0.2, 0.25) is 0 Å². The SMILES string of the molecule is C=C/C(C)=C\C(=C/C)OCC(N)CC.CC.CC.CCc1cccc(F)c1. The van der Waals surface area contributed by atoms with E-state index in [0.29, 0.717) is 6.61 Å². The van der Waals surface area contributed by atoms with E-state index in [1.807, 2.05) is 73.6 Å². The number of aryl methyl sites for hydroxylation is 1. The van der Waals surface area contributed by atoms with Crippen LogP contribution in [0.1, 0.15) is 67.4 Å². The summed E-state index contributed by atoms with van der Waals surface area (Å²) in [5.74, 6) is 0.709. The van der Waals surface area contributed by atoms with Crippen molar-refractivity contribution in [2.75, 3.05) is 6.61 Å². The number of hydrogen-bond donors (Lipinski definition) is 1. The van der Waals surface area contributed by atoms with Gasteiger partial charge in [-0.1, -0.05) is 66.3 Å². The van der Waals surface area contributed by atoms with E-state index >= 15 is 0 Å². The van der Waals surface area contributed by atoms with Crippen molar-refractivity contribution in [3.05, 3.63) is 71.8 Å². The van der Waals surface area contributed by atoms with Crippen molar-refractivity contribution < 1.29 is 9.13 Å². The predicted molar refractivity (Wildman–Crippen MR) is 120 cm³/mol. The van der Waals surface area contributed by atoms with Crippen molar-refractivity contribution in [2.24, 2.45) is 5.73 Å². The number of benzene rings is 1. The number of rotatable bonds is 7. The molecule has 0 heterocycles. The zero-order chi connectivity index (χ0) is 21.7. The molecule has 1 unspecified atom stereocenters. The molecule has 0 radical (unpaired) electrons. The number of hydrogen-bond acceptors (Lipinski definition) is 2. The van der Waals surface area contributed by atoms with Gasteiger partial charge in [0.05, 0.1) is 0 Å². The topological polar surface area (TPSA) is 35.2 Å². The van der Waals surface area contributed by atoms with Gasteiger partial charge in [0.2, 0.25) is 0 Å². The number of halogens is 1. The Bertz CT molecular complexity index is 521. The van der Waals surface area contributed by atoms with E-state index in [1.165, 1.54) is 6.07 Å². The van der Waals surface area contributed by atoms with Gasteiger partial charge in [-0.2, -0.15) is 0 Å². The van der Waals surface area contributed by atoms with Crippen LogP contribution in [0.15, 0.2) is 60.4 Å². The molecule has 1 atom stereocenters. The van der Waals surface area contributed by atoms with Crippen molar-refractivity contribution in [2.45, 2.75) is 74.3 Å². The predicted octanol–water partition coefficient (Wildman–Crippen LogP) is 7.22. The molecule has 2 nitrogen and oxygen atoms in total. The Balaban J connectivity index is -0.000000379. The van der Waals surface area contributed by atoms with Gasteiger partial charge in [0.1, 0.15) is 18.2 Å². The van der Waals surface area contributed by atoms with E-state index in [2.05, 4.69) is 6.58 Å². The summed E-state index contributed by atoms with van der Waals surface area (Å²) in [7, 11) is 0. The van der Waals surface area contributed by atoms with Crippen LogP contribution >= 0.6 is 0 Å². The van der Waals surface area contributed by atoms with Gasteiger partial charge in [-0.05, 0) is 62.1 Å². The van der Waals surface area contributed by atoms with Crippen LogP contribution in [0.25, 0.3) is 0 Å². The van der Waals surface area contributed by atoms with Crippen LogP contribution in [-0.2, 0) is 11.2 Å². The lowest BCUT2D eigenvalue weighted by Gasteiger charge is -2.11. The summed E-state index contributed by atoms with van der Waals surface area (Å²) in [6.45, 7) is 20.2. The maximum atomic E-state index is 12.4. The maximum Gasteiger partial charge on any atom is 0.123 e. The molecule has 27 heavy (non-hydrogen) atoms. The third kappa shape index (κ3) is 18.7. The molecule has 156 valence electrons. The fourth-order valence-corrected chi connectivity index (χ4v) is 1.57. The van der Waals surface area contributed by atoms with Crippen molar-refractivity contribution in [1.29, 1.82) is 0 Å². The third-order valence-electron chi connectivity index (χ3n) is 3.26. The molecule has 0 amide bonds. The van der Waals surface area contributed by atoms with Gasteiger partial charge in [0, 0.05) is 6.04 Å². The summed E-state index contributed by atoms with van der Waals surface area (Å²) in [6, 6.07) is 6.78. The van der Waals surface area contributed by atoms with Gasteiger partial charge in [0.15, 0.2) is 0 Å². The monoisotopic (exact) mass is 379 g/mol. The standard InChI is InChI=1S/C12H21NO.C8H9F.2C2H6/c1-5-10(4)8-12(7-3)14-9-11(13)6-2;1-2-7-4-3-5-8(9)6-7;2*1-2/h5,7-8,11H,1,6,9,13H2,2-4H3;3-6H,2H2,1H3;2*1-2H3/b10-8-,12-7+;;;. The van der Waals surface area contributed by atoms with E-state index in [1.54, 1.807) is 18.2 Å². The second-order valence-corrected chi connectivity index (χ2v) is 5.25. The van der Waals surface area contributed by atoms with Gasteiger partial charge in [-0.15, -0.1) is 0 Å². The zero-order valence-corrected chi connectivity index (χ0v) is 18.8. The van der Waals surface area contributed by atoms with E-state index in [9.17, 15) is 4.39 Å². The Kier molecular flexibility index (Phi) is 24.5.